The Kier molecular flexibility index (Phi) is 3.63. The van der Waals surface area contributed by atoms with E-state index in [-0.39, 0.29) is 35.6 Å². The Morgan fingerprint density at radius 2 is 1.82 bits per heavy atom. The molecule has 5 nitrogen and oxygen atoms in total. The number of Topliss-reactive ketones (excluding diaryl/α,β-unsaturated/α-hetero) is 1. The molecule has 2 aromatic rings. The standard InChI is InChI=1S/C17H16O5/c1-20-16-12(19)9-14-15(17(16)21-2)11(18)8-13(22-14)10-6-4-3-5-7-10/h3-7,9,13,19H,8H2,1-2H3/t13-/m0/s1. The van der Waals surface area contributed by atoms with Crippen molar-refractivity contribution in [3.63, 3.8) is 0 Å². The number of phenolic OH excluding ortho intramolecular Hbond substituents is 1. The van der Waals surface area contributed by atoms with Gasteiger partial charge in [-0.1, -0.05) is 30.3 Å². The van der Waals surface area contributed by atoms with Gasteiger partial charge in [-0.05, 0) is 5.56 Å². The number of phenols is 1. The minimum atomic E-state index is -0.376. The zero-order valence-corrected chi connectivity index (χ0v) is 12.3. The molecule has 0 unspecified atom stereocenters. The molecule has 1 aliphatic rings. The summed E-state index contributed by atoms with van der Waals surface area (Å²) in [7, 11) is 2.83. The Balaban J connectivity index is 2.08. The van der Waals surface area contributed by atoms with E-state index in [9.17, 15) is 9.90 Å². The molecule has 3 rings (SSSR count). The molecule has 0 fully saturated rings. The molecule has 1 heterocycles. The molecule has 1 N–H and O–H groups in total. The lowest BCUT2D eigenvalue weighted by atomic mass is 9.95. The van der Waals surface area contributed by atoms with Gasteiger partial charge in [-0.2, -0.15) is 0 Å². The van der Waals surface area contributed by atoms with Crippen LogP contribution in [0.25, 0.3) is 0 Å². The summed E-state index contributed by atoms with van der Waals surface area (Å²) in [6.45, 7) is 0. The van der Waals surface area contributed by atoms with E-state index in [0.29, 0.717) is 11.3 Å². The first kappa shape index (κ1) is 14.3. The van der Waals surface area contributed by atoms with Crippen molar-refractivity contribution < 1.29 is 24.1 Å². The van der Waals surface area contributed by atoms with E-state index in [1.54, 1.807) is 0 Å². The number of ketones is 1. The molecule has 0 bridgehead atoms. The Hall–Kier alpha value is -2.69. The Labute approximate surface area is 128 Å². The van der Waals surface area contributed by atoms with Gasteiger partial charge in [0.05, 0.1) is 20.6 Å². The first-order valence-electron chi connectivity index (χ1n) is 6.88. The first-order valence-corrected chi connectivity index (χ1v) is 6.88. The average Bonchev–Trinajstić information content (AvgIpc) is 2.54. The summed E-state index contributed by atoms with van der Waals surface area (Å²) in [6, 6.07) is 10.9. The van der Waals surface area contributed by atoms with Gasteiger partial charge in [-0.3, -0.25) is 4.79 Å². The van der Waals surface area contributed by atoms with Crippen molar-refractivity contribution in [2.75, 3.05) is 14.2 Å². The summed E-state index contributed by atoms with van der Waals surface area (Å²) in [6.07, 6.45) is -0.167. The number of hydrogen-bond donors (Lipinski definition) is 1. The summed E-state index contributed by atoms with van der Waals surface area (Å²) in [5.41, 5.74) is 1.22. The van der Waals surface area contributed by atoms with Gasteiger partial charge in [-0.25, -0.2) is 0 Å². The molecule has 114 valence electrons. The van der Waals surface area contributed by atoms with Crippen LogP contribution < -0.4 is 14.2 Å². The molecule has 1 aliphatic heterocycles. The van der Waals surface area contributed by atoms with Crippen LogP contribution in [0.2, 0.25) is 0 Å². The molecular weight excluding hydrogens is 284 g/mol. The van der Waals surface area contributed by atoms with E-state index < -0.39 is 0 Å². The first-order chi connectivity index (χ1) is 10.7. The van der Waals surface area contributed by atoms with Crippen LogP contribution in [-0.4, -0.2) is 25.1 Å². The van der Waals surface area contributed by atoms with Crippen molar-refractivity contribution in [3.05, 3.63) is 47.5 Å². The molecule has 2 aromatic carbocycles. The summed E-state index contributed by atoms with van der Waals surface area (Å²) in [5.74, 6) is 0.412. The fraction of sp³-hybridized carbons (Fsp3) is 0.235. The zero-order valence-electron chi connectivity index (χ0n) is 12.3. The highest BCUT2D eigenvalue weighted by Gasteiger charge is 2.33. The van der Waals surface area contributed by atoms with Crippen molar-refractivity contribution in [2.45, 2.75) is 12.5 Å². The second-order valence-electron chi connectivity index (χ2n) is 4.98. The van der Waals surface area contributed by atoms with Crippen LogP contribution in [0.1, 0.15) is 28.4 Å². The Morgan fingerprint density at radius 1 is 1.14 bits per heavy atom. The largest absolute Gasteiger partial charge is 0.504 e. The molecule has 0 radical (unpaired) electrons. The van der Waals surface area contributed by atoms with E-state index in [0.717, 1.165) is 5.56 Å². The topological polar surface area (TPSA) is 65.0 Å². The van der Waals surface area contributed by atoms with Crippen molar-refractivity contribution in [3.8, 4) is 23.0 Å². The highest BCUT2D eigenvalue weighted by atomic mass is 16.5. The quantitative estimate of drug-likeness (QED) is 0.943. The number of fused-ring (bicyclic) bond motifs is 1. The van der Waals surface area contributed by atoms with Crippen LogP contribution in [0.5, 0.6) is 23.0 Å². The summed E-state index contributed by atoms with van der Waals surface area (Å²) >= 11 is 0. The predicted molar refractivity (Wildman–Crippen MR) is 80.0 cm³/mol. The van der Waals surface area contributed by atoms with Crippen molar-refractivity contribution in [1.82, 2.24) is 0 Å². The third-order valence-electron chi connectivity index (χ3n) is 3.68. The fourth-order valence-corrected chi connectivity index (χ4v) is 2.67. The molecule has 0 amide bonds. The number of carbonyl (C=O) groups excluding carboxylic acids is 1. The van der Waals surface area contributed by atoms with Gasteiger partial charge in [-0.15, -0.1) is 0 Å². The summed E-state index contributed by atoms with van der Waals surface area (Å²) in [5, 5.41) is 10.0. The molecule has 5 heteroatoms. The number of carbonyl (C=O) groups is 1. The molecule has 0 saturated heterocycles. The molecule has 0 aliphatic carbocycles. The molecule has 0 spiro atoms. The highest BCUT2D eigenvalue weighted by molar-refractivity contribution is 6.04. The number of methoxy groups -OCH3 is 2. The third-order valence-corrected chi connectivity index (χ3v) is 3.68. The maximum atomic E-state index is 12.5. The van der Waals surface area contributed by atoms with E-state index >= 15 is 0 Å². The van der Waals surface area contributed by atoms with Gasteiger partial charge < -0.3 is 19.3 Å². The van der Waals surface area contributed by atoms with E-state index in [4.69, 9.17) is 14.2 Å². The van der Waals surface area contributed by atoms with E-state index in [1.165, 1.54) is 20.3 Å². The minimum absolute atomic E-state index is 0.106. The average molecular weight is 300 g/mol. The molecule has 22 heavy (non-hydrogen) atoms. The lowest BCUT2D eigenvalue weighted by Gasteiger charge is -2.27. The lowest BCUT2D eigenvalue weighted by Crippen LogP contribution is -2.21. The molecule has 0 aromatic heterocycles. The monoisotopic (exact) mass is 300 g/mol. The second kappa shape index (κ2) is 5.60. The van der Waals surface area contributed by atoms with Crippen LogP contribution in [-0.2, 0) is 0 Å². The van der Waals surface area contributed by atoms with E-state index in [1.807, 2.05) is 30.3 Å². The SMILES string of the molecule is COc1c(O)cc2c(c1OC)C(=O)C[C@@H](c1ccccc1)O2. The van der Waals surface area contributed by atoms with Gasteiger partial charge in [0.2, 0.25) is 5.75 Å². The fourth-order valence-electron chi connectivity index (χ4n) is 2.67. The maximum Gasteiger partial charge on any atom is 0.204 e. The second-order valence-corrected chi connectivity index (χ2v) is 4.98. The van der Waals surface area contributed by atoms with Crippen LogP contribution >= 0.6 is 0 Å². The minimum Gasteiger partial charge on any atom is -0.504 e. The van der Waals surface area contributed by atoms with Crippen molar-refractivity contribution in [1.29, 1.82) is 0 Å². The van der Waals surface area contributed by atoms with Crippen LogP contribution in [0.4, 0.5) is 0 Å². The van der Waals surface area contributed by atoms with Crippen LogP contribution in [0, 0.1) is 0 Å². The summed E-state index contributed by atoms with van der Waals surface area (Å²) < 4.78 is 16.2. The van der Waals surface area contributed by atoms with Crippen LogP contribution in [0.3, 0.4) is 0 Å². The third kappa shape index (κ3) is 2.24. The van der Waals surface area contributed by atoms with Crippen molar-refractivity contribution in [2.24, 2.45) is 0 Å². The number of ether oxygens (including phenoxy) is 3. The number of benzene rings is 2. The van der Waals surface area contributed by atoms with E-state index in [2.05, 4.69) is 0 Å². The van der Waals surface area contributed by atoms with Gasteiger partial charge in [0, 0.05) is 6.07 Å². The Morgan fingerprint density at radius 3 is 2.45 bits per heavy atom. The molecule has 0 saturated carbocycles. The smallest absolute Gasteiger partial charge is 0.204 e. The molecule has 1 atom stereocenters. The summed E-state index contributed by atoms with van der Waals surface area (Å²) in [4.78, 5) is 12.5. The van der Waals surface area contributed by atoms with Gasteiger partial charge in [0.1, 0.15) is 17.4 Å². The number of rotatable bonds is 3. The van der Waals surface area contributed by atoms with Crippen LogP contribution in [0.15, 0.2) is 36.4 Å². The van der Waals surface area contributed by atoms with Gasteiger partial charge in [0.15, 0.2) is 17.3 Å². The highest BCUT2D eigenvalue weighted by Crippen LogP contribution is 2.48. The van der Waals surface area contributed by atoms with Crippen molar-refractivity contribution >= 4 is 5.78 Å². The van der Waals surface area contributed by atoms with Gasteiger partial charge in [0.25, 0.3) is 0 Å². The van der Waals surface area contributed by atoms with Gasteiger partial charge >= 0.3 is 0 Å². The Bertz CT molecular complexity index is 709. The number of hydrogen-bond acceptors (Lipinski definition) is 5. The predicted octanol–water partition coefficient (Wildman–Crippen LogP) is 3.12. The maximum absolute atomic E-state index is 12.5. The zero-order chi connectivity index (χ0) is 15.7. The molecular formula is C17H16O5. The normalized spacial score (nSPS) is 16.6. The number of aromatic hydroxyl groups is 1. The lowest BCUT2D eigenvalue weighted by molar-refractivity contribution is 0.0842.